The molecule has 1 aromatic carbocycles. The van der Waals surface area contributed by atoms with E-state index in [-0.39, 0.29) is 23.3 Å². The lowest BCUT2D eigenvalue weighted by molar-refractivity contribution is -0.132. The number of benzene rings is 1. The lowest BCUT2D eigenvalue weighted by Crippen LogP contribution is -2.47. The largest absolute Gasteiger partial charge is 0.272 e. The maximum Gasteiger partial charge on any atom is 0.268 e. The molecule has 4 nitrogen and oxygen atoms in total. The quantitative estimate of drug-likeness (QED) is 0.776. The van der Waals surface area contributed by atoms with Gasteiger partial charge < -0.3 is 0 Å². The van der Waals surface area contributed by atoms with E-state index in [0.717, 1.165) is 12.1 Å². The summed E-state index contributed by atoms with van der Waals surface area (Å²) in [4.78, 5) is 26.4. The molecule has 0 unspecified atom stereocenters. The molecule has 2 amide bonds. The number of fused-ring (bicyclic) bond motifs is 1. The molecule has 1 aliphatic carbocycles. The van der Waals surface area contributed by atoms with E-state index < -0.39 is 5.41 Å². The highest BCUT2D eigenvalue weighted by Gasteiger charge is 2.69. The number of hydrogen-bond acceptors (Lipinski definition) is 2. The summed E-state index contributed by atoms with van der Waals surface area (Å²) < 4.78 is 0. The topological polar surface area (TPSA) is 40.6 Å². The maximum absolute atomic E-state index is 13.5. The van der Waals surface area contributed by atoms with Crippen LogP contribution in [0.2, 0.25) is 0 Å². The average molecular weight is 326 g/mol. The van der Waals surface area contributed by atoms with Crippen molar-refractivity contribution in [3.8, 4) is 0 Å². The zero-order valence-electron chi connectivity index (χ0n) is 15.2. The Balaban J connectivity index is 2.18. The number of hydrazine groups is 1. The molecule has 0 spiro atoms. The molecular formula is C20H26N2O2. The van der Waals surface area contributed by atoms with E-state index >= 15 is 0 Å². The third kappa shape index (κ3) is 1.92. The molecule has 1 heterocycles. The first-order valence-electron chi connectivity index (χ1n) is 8.52. The Labute approximate surface area is 144 Å². The molecule has 4 heteroatoms. The molecule has 2 aliphatic rings. The first-order valence-corrected chi connectivity index (χ1v) is 8.52. The van der Waals surface area contributed by atoms with Gasteiger partial charge in [0.15, 0.2) is 0 Å². The van der Waals surface area contributed by atoms with Crippen LogP contribution in [0.1, 0.15) is 41.0 Å². The Kier molecular flexibility index (Phi) is 3.63. The van der Waals surface area contributed by atoms with Crippen LogP contribution >= 0.6 is 0 Å². The molecule has 2 fully saturated rings. The lowest BCUT2D eigenvalue weighted by Gasteiger charge is -2.37. The molecule has 1 saturated carbocycles. The maximum atomic E-state index is 13.5. The van der Waals surface area contributed by atoms with Crippen LogP contribution in [-0.2, 0) is 9.59 Å². The Morgan fingerprint density at radius 1 is 1.21 bits per heavy atom. The van der Waals surface area contributed by atoms with E-state index in [2.05, 4.69) is 27.4 Å². The predicted molar refractivity (Wildman–Crippen MR) is 95.0 cm³/mol. The smallest absolute Gasteiger partial charge is 0.268 e. The molecule has 3 atom stereocenters. The zero-order chi connectivity index (χ0) is 17.9. The second-order valence-electron chi connectivity index (χ2n) is 7.96. The van der Waals surface area contributed by atoms with Crippen molar-refractivity contribution in [1.29, 1.82) is 0 Å². The van der Waals surface area contributed by atoms with Crippen LogP contribution in [0, 0.1) is 16.7 Å². The molecular weight excluding hydrogens is 300 g/mol. The van der Waals surface area contributed by atoms with Crippen molar-refractivity contribution in [2.45, 2.75) is 47.1 Å². The van der Waals surface area contributed by atoms with E-state index in [9.17, 15) is 9.59 Å². The number of rotatable bonds is 2. The Morgan fingerprint density at radius 2 is 1.79 bits per heavy atom. The zero-order valence-corrected chi connectivity index (χ0v) is 15.2. The molecule has 0 radical (unpaired) electrons. The molecule has 128 valence electrons. The Bertz CT molecular complexity index is 710. The van der Waals surface area contributed by atoms with E-state index in [1.54, 1.807) is 16.9 Å². The van der Waals surface area contributed by atoms with E-state index in [4.69, 9.17) is 0 Å². The number of carbonyl (C=O) groups excluding carboxylic acids is 2. The van der Waals surface area contributed by atoms with Gasteiger partial charge in [0, 0.05) is 5.57 Å². The van der Waals surface area contributed by atoms with Crippen molar-refractivity contribution in [1.82, 2.24) is 5.01 Å². The third-order valence-electron chi connectivity index (χ3n) is 6.54. The van der Waals surface area contributed by atoms with Crippen LogP contribution in [0.5, 0.6) is 0 Å². The summed E-state index contributed by atoms with van der Waals surface area (Å²) in [6.07, 6.45) is 0.817. The number of carbonyl (C=O) groups is 2. The Hall–Kier alpha value is -2.10. The van der Waals surface area contributed by atoms with Gasteiger partial charge in [-0.3, -0.25) is 9.59 Å². The van der Waals surface area contributed by atoms with Gasteiger partial charge >= 0.3 is 0 Å². The lowest BCUT2D eigenvalue weighted by atomic mass is 9.65. The predicted octanol–water partition coefficient (Wildman–Crippen LogP) is 3.79. The molecule has 1 aliphatic heterocycles. The first kappa shape index (κ1) is 16.7. The monoisotopic (exact) mass is 326 g/mol. The number of amides is 2. The van der Waals surface area contributed by atoms with Crippen LogP contribution in [0.4, 0.5) is 5.69 Å². The van der Waals surface area contributed by atoms with Gasteiger partial charge in [-0.05, 0) is 43.7 Å². The van der Waals surface area contributed by atoms with Crippen molar-refractivity contribution in [2.75, 3.05) is 5.01 Å². The summed E-state index contributed by atoms with van der Waals surface area (Å²) in [6.45, 7) is 14.0. The van der Waals surface area contributed by atoms with E-state index in [0.29, 0.717) is 11.5 Å². The van der Waals surface area contributed by atoms with Gasteiger partial charge in [0.1, 0.15) is 0 Å². The molecule has 0 N–H and O–H groups in total. The van der Waals surface area contributed by atoms with Gasteiger partial charge in [0.25, 0.3) is 11.8 Å². The van der Waals surface area contributed by atoms with Gasteiger partial charge in [-0.1, -0.05) is 45.5 Å². The van der Waals surface area contributed by atoms with Crippen molar-refractivity contribution in [2.24, 2.45) is 16.7 Å². The fourth-order valence-corrected chi connectivity index (χ4v) is 4.27. The van der Waals surface area contributed by atoms with Crippen molar-refractivity contribution in [3.63, 3.8) is 0 Å². The van der Waals surface area contributed by atoms with E-state index in [1.807, 2.05) is 37.3 Å². The number of para-hydroxylation sites is 1. The summed E-state index contributed by atoms with van der Waals surface area (Å²) in [5, 5.41) is 3.24. The standard InChI is InChI=1S/C20H26N2O2/c1-13(2)17(23)22-16-12-14(3)19(4,5)20(16,6)18(24)21(22)15-10-8-7-9-11-15/h7-11,14,16H,1,12H2,2-6H3/t14-,16-,20+/m1/s1. The number of hydrogen-bond donors (Lipinski definition) is 0. The molecule has 1 aromatic rings. The second kappa shape index (κ2) is 5.20. The fraction of sp³-hybridized carbons (Fsp3) is 0.500. The van der Waals surface area contributed by atoms with Crippen LogP contribution in [0.25, 0.3) is 0 Å². The average Bonchev–Trinajstić information content (AvgIpc) is 2.87. The van der Waals surface area contributed by atoms with Gasteiger partial charge in [-0.15, -0.1) is 0 Å². The molecule has 0 aromatic heterocycles. The van der Waals surface area contributed by atoms with Crippen molar-refractivity contribution in [3.05, 3.63) is 42.5 Å². The van der Waals surface area contributed by atoms with Crippen LogP contribution in [0.15, 0.2) is 42.5 Å². The normalized spacial score (nSPS) is 31.3. The van der Waals surface area contributed by atoms with Gasteiger partial charge in [0.05, 0.1) is 17.1 Å². The summed E-state index contributed by atoms with van der Waals surface area (Å²) in [5.74, 6) is 0.184. The summed E-state index contributed by atoms with van der Waals surface area (Å²) in [7, 11) is 0. The highest BCUT2D eigenvalue weighted by Crippen LogP contribution is 2.61. The summed E-state index contributed by atoms with van der Waals surface area (Å²) >= 11 is 0. The minimum atomic E-state index is -0.604. The first-order chi connectivity index (χ1) is 11.1. The highest BCUT2D eigenvalue weighted by molar-refractivity contribution is 6.07. The third-order valence-corrected chi connectivity index (χ3v) is 6.54. The minimum Gasteiger partial charge on any atom is -0.272 e. The Morgan fingerprint density at radius 3 is 2.33 bits per heavy atom. The van der Waals surface area contributed by atoms with Gasteiger partial charge in [0.2, 0.25) is 0 Å². The molecule has 3 rings (SSSR count). The second-order valence-corrected chi connectivity index (χ2v) is 7.96. The SMILES string of the molecule is C=C(C)C(=O)N1[C@@H]2C[C@@H](C)C(C)(C)[C@]2(C)C(=O)N1c1ccccc1. The van der Waals surface area contributed by atoms with Crippen molar-refractivity contribution >= 4 is 17.5 Å². The number of nitrogens with zero attached hydrogens (tertiary/aromatic N) is 2. The van der Waals surface area contributed by atoms with Crippen LogP contribution < -0.4 is 5.01 Å². The summed E-state index contributed by atoms with van der Waals surface area (Å²) in [6, 6.07) is 9.28. The van der Waals surface area contributed by atoms with Crippen molar-refractivity contribution < 1.29 is 9.59 Å². The van der Waals surface area contributed by atoms with E-state index in [1.165, 1.54) is 0 Å². The van der Waals surface area contributed by atoms with Crippen LogP contribution in [-0.4, -0.2) is 22.9 Å². The molecule has 1 saturated heterocycles. The number of anilines is 1. The fourth-order valence-electron chi connectivity index (χ4n) is 4.27. The van der Waals surface area contributed by atoms with Crippen LogP contribution in [0.3, 0.4) is 0 Å². The van der Waals surface area contributed by atoms with Gasteiger partial charge in [-0.25, -0.2) is 10.0 Å². The molecule has 24 heavy (non-hydrogen) atoms. The minimum absolute atomic E-state index is 0.00245. The highest BCUT2D eigenvalue weighted by atomic mass is 16.2. The van der Waals surface area contributed by atoms with Gasteiger partial charge in [-0.2, -0.15) is 0 Å². The summed E-state index contributed by atoms with van der Waals surface area (Å²) in [5.41, 5.74) is 0.390. The molecule has 0 bridgehead atoms.